The number of aliphatic imine (C=N–C) groups is 1. The Hall–Kier alpha value is -0.770. The summed E-state index contributed by atoms with van der Waals surface area (Å²) in [7, 11) is 5.80. The first kappa shape index (κ1) is 23.3. The highest BCUT2D eigenvalue weighted by Crippen LogP contribution is 2.21. The van der Waals surface area contributed by atoms with Crippen molar-refractivity contribution in [3.8, 4) is 0 Å². The van der Waals surface area contributed by atoms with Gasteiger partial charge in [0, 0.05) is 50.5 Å². The molecule has 1 aliphatic rings. The average molecular weight is 541 g/mol. The second kappa shape index (κ2) is 11.8. The van der Waals surface area contributed by atoms with E-state index in [9.17, 15) is 4.79 Å². The lowest BCUT2D eigenvalue weighted by Crippen LogP contribution is -2.39. The fourth-order valence-electron chi connectivity index (χ4n) is 3.11. The number of hydrogen-bond donors (Lipinski definition) is 1. The first-order valence-electron chi connectivity index (χ1n) is 8.91. The maximum absolute atomic E-state index is 11.8. The summed E-state index contributed by atoms with van der Waals surface area (Å²) in [5, 5.41) is 3.31. The second-order valence-electron chi connectivity index (χ2n) is 6.59. The van der Waals surface area contributed by atoms with Gasteiger partial charge in [-0.3, -0.25) is 9.79 Å². The minimum atomic E-state index is -0.0781. The summed E-state index contributed by atoms with van der Waals surface area (Å²) in [4.78, 5) is 18.2. The van der Waals surface area contributed by atoms with Gasteiger partial charge in [-0.05, 0) is 54.1 Å². The maximum atomic E-state index is 11.8. The Labute approximate surface area is 181 Å². The fourth-order valence-corrected chi connectivity index (χ4v) is 3.68. The smallest absolute Gasteiger partial charge is 0.306 e. The van der Waals surface area contributed by atoms with Crippen molar-refractivity contribution in [2.24, 2.45) is 12.0 Å². The van der Waals surface area contributed by atoms with Gasteiger partial charge in [0.25, 0.3) is 0 Å². The van der Waals surface area contributed by atoms with Crippen LogP contribution < -0.4 is 5.32 Å². The fraction of sp³-hybridized carbons (Fsp3) is 0.667. The molecule has 0 bridgehead atoms. The van der Waals surface area contributed by atoms with Gasteiger partial charge in [0.15, 0.2) is 5.96 Å². The molecule has 0 aromatic carbocycles. The Balaban J connectivity index is 0.00000338. The minimum absolute atomic E-state index is 0. The standard InChI is InChI=1S/C18H29BrN4O2.HI/c1-20-18(23(3)13-15-11-14(19)12-22(15)2)21-10-6-9-17(24)25-16-7-4-5-8-16;/h11-12,16H,4-10,13H2,1-3H3,(H,20,21);1H. The van der Waals surface area contributed by atoms with Crippen LogP contribution >= 0.6 is 39.9 Å². The first-order chi connectivity index (χ1) is 12.0. The molecule has 0 radical (unpaired) electrons. The molecule has 0 amide bonds. The Bertz CT molecular complexity index is 600. The van der Waals surface area contributed by atoms with Crippen LogP contribution in [-0.2, 0) is 23.1 Å². The van der Waals surface area contributed by atoms with Gasteiger partial charge in [-0.1, -0.05) is 0 Å². The van der Waals surface area contributed by atoms with Crippen molar-refractivity contribution in [3.05, 3.63) is 22.4 Å². The Morgan fingerprint density at radius 3 is 2.73 bits per heavy atom. The number of nitrogens with zero attached hydrogens (tertiary/aromatic N) is 3. The highest BCUT2D eigenvalue weighted by atomic mass is 127. The van der Waals surface area contributed by atoms with Gasteiger partial charge in [-0.25, -0.2) is 0 Å². The molecular formula is C18H30BrIN4O2. The summed E-state index contributed by atoms with van der Waals surface area (Å²) >= 11 is 3.49. The van der Waals surface area contributed by atoms with Crippen LogP contribution in [0.4, 0.5) is 0 Å². The van der Waals surface area contributed by atoms with Crippen molar-refractivity contribution in [2.45, 2.75) is 51.2 Å². The Morgan fingerprint density at radius 1 is 1.46 bits per heavy atom. The van der Waals surface area contributed by atoms with Crippen molar-refractivity contribution in [1.29, 1.82) is 0 Å². The van der Waals surface area contributed by atoms with Gasteiger partial charge in [0.05, 0.1) is 6.54 Å². The van der Waals surface area contributed by atoms with E-state index in [0.717, 1.165) is 36.2 Å². The van der Waals surface area contributed by atoms with Gasteiger partial charge in [0.2, 0.25) is 0 Å². The lowest BCUT2D eigenvalue weighted by molar-refractivity contribution is -0.148. The highest BCUT2D eigenvalue weighted by Gasteiger charge is 2.18. The first-order valence-corrected chi connectivity index (χ1v) is 9.71. The van der Waals surface area contributed by atoms with E-state index in [-0.39, 0.29) is 36.0 Å². The predicted octanol–water partition coefficient (Wildman–Crippen LogP) is 3.68. The zero-order chi connectivity index (χ0) is 18.2. The van der Waals surface area contributed by atoms with E-state index in [4.69, 9.17) is 4.74 Å². The molecule has 0 saturated heterocycles. The average Bonchev–Trinajstić information content (AvgIpc) is 3.17. The molecule has 0 unspecified atom stereocenters. The van der Waals surface area contributed by atoms with Crippen molar-refractivity contribution >= 4 is 51.8 Å². The number of nitrogens with one attached hydrogen (secondary N) is 1. The third kappa shape index (κ3) is 7.46. The van der Waals surface area contributed by atoms with E-state index < -0.39 is 0 Å². The zero-order valence-electron chi connectivity index (χ0n) is 15.8. The Morgan fingerprint density at radius 2 is 2.15 bits per heavy atom. The van der Waals surface area contributed by atoms with Crippen molar-refractivity contribution < 1.29 is 9.53 Å². The molecular weight excluding hydrogens is 511 g/mol. The lowest BCUT2D eigenvalue weighted by Gasteiger charge is -2.22. The summed E-state index contributed by atoms with van der Waals surface area (Å²) < 4.78 is 8.63. The number of halogens is 2. The molecule has 26 heavy (non-hydrogen) atoms. The number of esters is 1. The number of aryl methyl sites for hydroxylation is 1. The molecule has 1 fully saturated rings. The molecule has 2 rings (SSSR count). The van der Waals surface area contributed by atoms with Crippen LogP contribution in [0.25, 0.3) is 0 Å². The molecule has 1 heterocycles. The zero-order valence-corrected chi connectivity index (χ0v) is 19.7. The molecule has 1 N–H and O–H groups in total. The van der Waals surface area contributed by atoms with Crippen molar-refractivity contribution in [3.63, 3.8) is 0 Å². The molecule has 8 heteroatoms. The highest BCUT2D eigenvalue weighted by molar-refractivity contribution is 14.0. The van der Waals surface area contributed by atoms with E-state index in [0.29, 0.717) is 13.0 Å². The monoisotopic (exact) mass is 540 g/mol. The van der Waals surface area contributed by atoms with Gasteiger partial charge in [0.1, 0.15) is 6.10 Å². The van der Waals surface area contributed by atoms with Crippen LogP contribution in [0.3, 0.4) is 0 Å². The number of aromatic nitrogens is 1. The van der Waals surface area contributed by atoms with Gasteiger partial charge in [-0.2, -0.15) is 0 Å². The van der Waals surface area contributed by atoms with Gasteiger partial charge >= 0.3 is 5.97 Å². The molecule has 1 aliphatic carbocycles. The minimum Gasteiger partial charge on any atom is -0.462 e. The maximum Gasteiger partial charge on any atom is 0.306 e. The third-order valence-electron chi connectivity index (χ3n) is 4.49. The molecule has 1 aromatic heterocycles. The van der Waals surface area contributed by atoms with Crippen molar-refractivity contribution in [2.75, 3.05) is 20.6 Å². The van der Waals surface area contributed by atoms with Crippen molar-refractivity contribution in [1.82, 2.24) is 14.8 Å². The van der Waals surface area contributed by atoms with E-state index in [1.54, 1.807) is 7.05 Å². The predicted molar refractivity (Wildman–Crippen MR) is 119 cm³/mol. The number of rotatable bonds is 7. The molecule has 6 nitrogen and oxygen atoms in total. The normalized spacial score (nSPS) is 14.8. The SMILES string of the molecule is CN=C(NCCCC(=O)OC1CCCC1)N(C)Cc1cc(Br)cn1C.I. The molecule has 0 spiro atoms. The lowest BCUT2D eigenvalue weighted by atomic mass is 10.3. The molecule has 0 aliphatic heterocycles. The summed E-state index contributed by atoms with van der Waals surface area (Å²) in [5.74, 6) is 0.743. The van der Waals surface area contributed by atoms with Crippen LogP contribution in [0.2, 0.25) is 0 Å². The molecule has 1 aromatic rings. The largest absolute Gasteiger partial charge is 0.462 e. The second-order valence-corrected chi connectivity index (χ2v) is 7.51. The number of carbonyl (C=O) groups excluding carboxylic acids is 1. The van der Waals surface area contributed by atoms with E-state index in [1.807, 2.05) is 20.3 Å². The van der Waals surface area contributed by atoms with Crippen LogP contribution in [0.5, 0.6) is 0 Å². The summed E-state index contributed by atoms with van der Waals surface area (Å²) in [5.41, 5.74) is 1.19. The third-order valence-corrected chi connectivity index (χ3v) is 4.92. The van der Waals surface area contributed by atoms with Gasteiger partial charge < -0.3 is 19.5 Å². The molecule has 148 valence electrons. The van der Waals surface area contributed by atoms with Crippen LogP contribution in [0, 0.1) is 0 Å². The quantitative estimate of drug-likeness (QED) is 0.188. The number of ether oxygens (including phenoxy) is 1. The van der Waals surface area contributed by atoms with E-state index >= 15 is 0 Å². The molecule has 1 saturated carbocycles. The van der Waals surface area contributed by atoms with E-state index in [2.05, 4.69) is 41.8 Å². The Kier molecular flexibility index (Phi) is 10.6. The summed E-state index contributed by atoms with van der Waals surface area (Å²) in [6.07, 6.45) is 7.80. The number of carbonyl (C=O) groups is 1. The summed E-state index contributed by atoms with van der Waals surface area (Å²) in [6, 6.07) is 2.10. The number of guanidine groups is 1. The summed E-state index contributed by atoms with van der Waals surface area (Å²) in [6.45, 7) is 1.46. The van der Waals surface area contributed by atoms with Crippen LogP contribution in [-0.4, -0.2) is 48.1 Å². The molecule has 0 atom stereocenters. The van der Waals surface area contributed by atoms with E-state index in [1.165, 1.54) is 18.5 Å². The number of hydrogen-bond acceptors (Lipinski definition) is 3. The topological polar surface area (TPSA) is 58.9 Å². The van der Waals surface area contributed by atoms with Gasteiger partial charge in [-0.15, -0.1) is 24.0 Å². The van der Waals surface area contributed by atoms with Crippen LogP contribution in [0.1, 0.15) is 44.2 Å². The van der Waals surface area contributed by atoms with Crippen LogP contribution in [0.15, 0.2) is 21.7 Å².